The molecule has 1 N–H and O–H groups in total. The third-order valence-corrected chi connectivity index (χ3v) is 5.57. The van der Waals surface area contributed by atoms with Gasteiger partial charge >= 0.3 is 0 Å². The summed E-state index contributed by atoms with van der Waals surface area (Å²) in [6.45, 7) is 5.87. The lowest BCUT2D eigenvalue weighted by Crippen LogP contribution is -2.14. The molecule has 0 saturated heterocycles. The van der Waals surface area contributed by atoms with Crippen LogP contribution in [0.15, 0.2) is 6.07 Å². The second-order valence-electron chi connectivity index (χ2n) is 6.43. The molecule has 7 heteroatoms. The number of fused-ring (bicyclic) bond motifs is 1. The molecule has 3 heterocycles. The summed E-state index contributed by atoms with van der Waals surface area (Å²) < 4.78 is 1.67. The maximum absolute atomic E-state index is 12.7. The molecular formula is C17H19N5OS. The maximum atomic E-state index is 12.7. The molecule has 1 aliphatic rings. The van der Waals surface area contributed by atoms with E-state index in [4.69, 9.17) is 4.98 Å². The zero-order valence-electron chi connectivity index (χ0n) is 14.2. The van der Waals surface area contributed by atoms with Gasteiger partial charge in [0.25, 0.3) is 5.91 Å². The quantitative estimate of drug-likeness (QED) is 0.791. The van der Waals surface area contributed by atoms with Crippen molar-refractivity contribution in [1.82, 2.24) is 19.7 Å². The highest BCUT2D eigenvalue weighted by atomic mass is 32.1. The normalized spacial score (nSPS) is 14.3. The Kier molecular flexibility index (Phi) is 3.42. The van der Waals surface area contributed by atoms with Crippen LogP contribution in [0.4, 0.5) is 5.82 Å². The molecule has 1 saturated carbocycles. The van der Waals surface area contributed by atoms with Crippen molar-refractivity contribution in [2.24, 2.45) is 7.05 Å². The Balaban J connectivity index is 1.73. The van der Waals surface area contributed by atoms with Gasteiger partial charge in [-0.15, -0.1) is 11.3 Å². The summed E-state index contributed by atoms with van der Waals surface area (Å²) in [5, 5.41) is 8.21. The number of rotatable bonds is 3. The van der Waals surface area contributed by atoms with Gasteiger partial charge in [-0.2, -0.15) is 5.10 Å². The summed E-state index contributed by atoms with van der Waals surface area (Å²) >= 11 is 1.44. The number of amides is 1. The van der Waals surface area contributed by atoms with Crippen molar-refractivity contribution < 1.29 is 4.79 Å². The van der Waals surface area contributed by atoms with Crippen molar-refractivity contribution >= 4 is 33.3 Å². The zero-order valence-corrected chi connectivity index (χ0v) is 15.0. The van der Waals surface area contributed by atoms with E-state index in [-0.39, 0.29) is 5.91 Å². The lowest BCUT2D eigenvalue weighted by atomic mass is 10.1. The predicted molar refractivity (Wildman–Crippen MR) is 94.8 cm³/mol. The van der Waals surface area contributed by atoms with Gasteiger partial charge in [-0.05, 0) is 39.2 Å². The third-order valence-electron chi connectivity index (χ3n) is 4.38. The van der Waals surface area contributed by atoms with Crippen LogP contribution in [0.2, 0.25) is 0 Å². The van der Waals surface area contributed by atoms with E-state index in [9.17, 15) is 4.79 Å². The van der Waals surface area contributed by atoms with Crippen LogP contribution >= 0.6 is 11.3 Å². The number of nitrogens with zero attached hydrogens (tertiary/aromatic N) is 4. The topological polar surface area (TPSA) is 72.7 Å². The van der Waals surface area contributed by atoms with Gasteiger partial charge in [0.15, 0.2) is 0 Å². The Bertz CT molecular complexity index is 967. The average molecular weight is 341 g/mol. The van der Waals surface area contributed by atoms with Crippen LogP contribution in [0.5, 0.6) is 0 Å². The Hall–Kier alpha value is -2.28. The smallest absolute Gasteiger partial charge is 0.267 e. The van der Waals surface area contributed by atoms with Gasteiger partial charge in [-0.25, -0.2) is 9.97 Å². The number of hydrogen-bond donors (Lipinski definition) is 1. The molecule has 1 aliphatic carbocycles. The van der Waals surface area contributed by atoms with Gasteiger partial charge in [0, 0.05) is 24.4 Å². The highest BCUT2D eigenvalue weighted by Crippen LogP contribution is 2.40. The van der Waals surface area contributed by atoms with Crippen LogP contribution in [0.3, 0.4) is 0 Å². The van der Waals surface area contributed by atoms with Crippen molar-refractivity contribution in [2.45, 2.75) is 39.5 Å². The first-order valence-electron chi connectivity index (χ1n) is 8.03. The lowest BCUT2D eigenvalue weighted by molar-refractivity contribution is 0.102. The number of carbonyl (C=O) groups is 1. The molecule has 0 atom stereocenters. The Labute approximate surface area is 143 Å². The van der Waals surface area contributed by atoms with Crippen LogP contribution in [0, 0.1) is 20.8 Å². The van der Waals surface area contributed by atoms with Gasteiger partial charge < -0.3 is 5.32 Å². The molecule has 0 radical (unpaired) electrons. The highest BCUT2D eigenvalue weighted by Gasteiger charge is 2.28. The molecule has 6 nitrogen and oxygen atoms in total. The van der Waals surface area contributed by atoms with E-state index in [0.717, 1.165) is 33.0 Å². The second kappa shape index (κ2) is 5.37. The van der Waals surface area contributed by atoms with Crippen LogP contribution in [0.1, 0.15) is 51.2 Å². The summed E-state index contributed by atoms with van der Waals surface area (Å²) in [5.74, 6) is 2.00. The molecule has 24 heavy (non-hydrogen) atoms. The summed E-state index contributed by atoms with van der Waals surface area (Å²) in [4.78, 5) is 23.7. The summed E-state index contributed by atoms with van der Waals surface area (Å²) in [6, 6.07) is 1.86. The molecule has 124 valence electrons. The standard InChI is InChI=1S/C17H19N5OS/c1-8-7-12(22(4)21-8)19-16(23)14-9(2)13-10(3)18-15(11-5-6-11)20-17(13)24-14/h7,11H,5-6H2,1-4H3,(H,19,23). The molecule has 3 aromatic rings. The van der Waals surface area contributed by atoms with Crippen LogP contribution in [0.25, 0.3) is 10.2 Å². The minimum Gasteiger partial charge on any atom is -0.306 e. The van der Waals surface area contributed by atoms with Crippen LogP contribution in [-0.2, 0) is 7.05 Å². The highest BCUT2D eigenvalue weighted by molar-refractivity contribution is 7.20. The average Bonchev–Trinajstić information content (AvgIpc) is 3.24. The van der Waals surface area contributed by atoms with E-state index in [1.54, 1.807) is 4.68 Å². The van der Waals surface area contributed by atoms with Crippen LogP contribution < -0.4 is 5.32 Å². The first kappa shape index (κ1) is 15.3. The van der Waals surface area contributed by atoms with E-state index in [1.807, 2.05) is 33.9 Å². The molecule has 0 bridgehead atoms. The van der Waals surface area contributed by atoms with Crippen molar-refractivity contribution in [2.75, 3.05) is 5.32 Å². The fraction of sp³-hybridized carbons (Fsp3) is 0.412. The number of carbonyl (C=O) groups excluding carboxylic acids is 1. The molecule has 0 aliphatic heterocycles. The Morgan fingerprint density at radius 1 is 1.29 bits per heavy atom. The van der Waals surface area contributed by atoms with Crippen molar-refractivity contribution in [3.63, 3.8) is 0 Å². The Morgan fingerprint density at radius 2 is 2.04 bits per heavy atom. The molecule has 0 spiro atoms. The fourth-order valence-corrected chi connectivity index (χ4v) is 4.14. The van der Waals surface area contributed by atoms with E-state index in [0.29, 0.717) is 16.6 Å². The largest absolute Gasteiger partial charge is 0.306 e. The minimum atomic E-state index is -0.120. The van der Waals surface area contributed by atoms with Crippen molar-refractivity contribution in [3.8, 4) is 0 Å². The van der Waals surface area contributed by atoms with E-state index in [1.165, 1.54) is 24.2 Å². The zero-order chi connectivity index (χ0) is 17.0. The summed E-state index contributed by atoms with van der Waals surface area (Å²) in [7, 11) is 1.82. The monoisotopic (exact) mass is 341 g/mol. The van der Waals surface area contributed by atoms with Gasteiger partial charge in [-0.1, -0.05) is 0 Å². The summed E-state index contributed by atoms with van der Waals surface area (Å²) in [5.41, 5.74) is 2.79. The summed E-state index contributed by atoms with van der Waals surface area (Å²) in [6.07, 6.45) is 2.34. The number of nitrogens with one attached hydrogen (secondary N) is 1. The molecule has 0 aromatic carbocycles. The van der Waals surface area contributed by atoms with Gasteiger partial charge in [0.05, 0.1) is 16.3 Å². The number of thiophene rings is 1. The number of aromatic nitrogens is 4. The maximum Gasteiger partial charge on any atom is 0.267 e. The number of hydrogen-bond acceptors (Lipinski definition) is 5. The molecule has 3 aromatic heterocycles. The molecule has 1 amide bonds. The van der Waals surface area contributed by atoms with Gasteiger partial charge in [0.1, 0.15) is 16.5 Å². The number of aryl methyl sites for hydroxylation is 4. The van der Waals surface area contributed by atoms with Crippen molar-refractivity contribution in [3.05, 3.63) is 33.7 Å². The fourth-order valence-electron chi connectivity index (χ4n) is 3.00. The van der Waals surface area contributed by atoms with Gasteiger partial charge in [0.2, 0.25) is 0 Å². The first-order chi connectivity index (χ1) is 11.4. The second-order valence-corrected chi connectivity index (χ2v) is 7.43. The third kappa shape index (κ3) is 2.49. The van der Waals surface area contributed by atoms with E-state index in [2.05, 4.69) is 15.4 Å². The lowest BCUT2D eigenvalue weighted by Gasteiger charge is -2.04. The first-order valence-corrected chi connectivity index (χ1v) is 8.85. The number of anilines is 1. The predicted octanol–water partition coefficient (Wildman–Crippen LogP) is 3.48. The SMILES string of the molecule is Cc1cc(NC(=O)c2sc3nc(C4CC4)nc(C)c3c2C)n(C)n1. The molecular weight excluding hydrogens is 322 g/mol. The van der Waals surface area contributed by atoms with Gasteiger partial charge in [-0.3, -0.25) is 9.48 Å². The minimum absolute atomic E-state index is 0.120. The Morgan fingerprint density at radius 3 is 2.67 bits per heavy atom. The molecule has 4 rings (SSSR count). The van der Waals surface area contributed by atoms with E-state index < -0.39 is 0 Å². The molecule has 0 unspecified atom stereocenters. The molecule has 1 fully saturated rings. The van der Waals surface area contributed by atoms with Crippen molar-refractivity contribution in [1.29, 1.82) is 0 Å². The van der Waals surface area contributed by atoms with E-state index >= 15 is 0 Å². The van der Waals surface area contributed by atoms with Crippen LogP contribution in [-0.4, -0.2) is 25.7 Å².